The van der Waals surface area contributed by atoms with Crippen LogP contribution in [-0.2, 0) is 21.0 Å². The molecule has 7 aromatic rings. The van der Waals surface area contributed by atoms with E-state index >= 15 is 0 Å². The van der Waals surface area contributed by atoms with Crippen molar-refractivity contribution in [2.45, 2.75) is 51.9 Å². The molecule has 1 unspecified atom stereocenters. The van der Waals surface area contributed by atoms with E-state index < -0.39 is 10.2 Å². The number of benzene rings is 7. The van der Waals surface area contributed by atoms with Gasteiger partial charge in [0, 0.05) is 39.0 Å². The molecule has 1 aliphatic carbocycles. The van der Waals surface area contributed by atoms with Gasteiger partial charge in [-0.2, -0.15) is 8.42 Å². The molecule has 1 atom stereocenters. The Bertz CT molecular complexity index is 3200. The van der Waals surface area contributed by atoms with Crippen LogP contribution in [0.4, 0.5) is 28.4 Å². The zero-order valence-electron chi connectivity index (χ0n) is 36.6. The first-order valence-corrected chi connectivity index (χ1v) is 23.5. The largest absolute Gasteiger partial charge is 0.364 e. The number of fused-ring (bicyclic) bond motifs is 3. The molecular weight excluding hydrogens is 805 g/mol. The molecule has 6 nitrogen and oxygen atoms in total. The summed E-state index contributed by atoms with van der Waals surface area (Å²) in [5, 5.41) is 0. The number of rotatable bonds is 6. The summed E-state index contributed by atoms with van der Waals surface area (Å²) < 4.78 is 34.1. The predicted molar refractivity (Wildman–Crippen MR) is 264 cm³/mol. The first-order chi connectivity index (χ1) is 30.9. The molecule has 0 amide bonds. The van der Waals surface area contributed by atoms with Crippen LogP contribution in [0.5, 0.6) is 0 Å². The number of hydrogen-bond donors (Lipinski definition) is 0. The highest BCUT2D eigenvalue weighted by Gasteiger charge is 2.41. The van der Waals surface area contributed by atoms with Gasteiger partial charge in [-0.15, -0.1) is 8.80 Å². The molecule has 0 fully saturated rings. The number of hydrogen-bond acceptors (Lipinski definition) is 4. The first-order valence-electron chi connectivity index (χ1n) is 22.1. The summed E-state index contributed by atoms with van der Waals surface area (Å²) in [7, 11) is -4.03. The van der Waals surface area contributed by atoms with Crippen molar-refractivity contribution in [3.63, 3.8) is 0 Å². The maximum atomic E-state index is 12.9. The second kappa shape index (κ2) is 14.7. The van der Waals surface area contributed by atoms with Crippen LogP contribution >= 0.6 is 0 Å². The second-order valence-electron chi connectivity index (χ2n) is 18.4. The Hall–Kier alpha value is -7.09. The molecular formula is C57H48N4O2S. The first kappa shape index (κ1) is 39.7. The van der Waals surface area contributed by atoms with Crippen molar-refractivity contribution >= 4 is 50.1 Å². The Morgan fingerprint density at radius 1 is 0.469 bits per heavy atom. The summed E-state index contributed by atoms with van der Waals surface area (Å²) in [6.07, 6.45) is 5.65. The van der Waals surface area contributed by atoms with Crippen LogP contribution in [0.25, 0.3) is 22.3 Å². The van der Waals surface area contributed by atoms with Crippen molar-refractivity contribution in [2.75, 3.05) is 9.80 Å². The molecule has 0 aromatic heterocycles. The third-order valence-electron chi connectivity index (χ3n) is 13.8. The topological polar surface area (TPSA) is 65.3 Å². The molecule has 11 rings (SSSR count). The van der Waals surface area contributed by atoms with Crippen molar-refractivity contribution in [1.82, 2.24) is 0 Å². The fourth-order valence-electron chi connectivity index (χ4n) is 10.6. The van der Waals surface area contributed by atoms with Crippen molar-refractivity contribution in [3.8, 4) is 22.3 Å². The summed E-state index contributed by atoms with van der Waals surface area (Å²) in [4.78, 5) is 4.76. The summed E-state index contributed by atoms with van der Waals surface area (Å²) in [5.41, 5.74) is 18.5. The van der Waals surface area contributed by atoms with Gasteiger partial charge in [-0.25, -0.2) is 0 Å². The van der Waals surface area contributed by atoms with E-state index in [0.29, 0.717) is 28.5 Å². The summed E-state index contributed by atoms with van der Waals surface area (Å²) in [6, 6.07) is 59.2. The summed E-state index contributed by atoms with van der Waals surface area (Å²) in [6.45, 7) is 11.6. The Balaban J connectivity index is 0.836. The highest BCUT2D eigenvalue weighted by molar-refractivity contribution is 7.89. The molecule has 314 valence electrons. The van der Waals surface area contributed by atoms with E-state index in [2.05, 4.69) is 187 Å². The number of allylic oxidation sites excluding steroid dienone is 3. The van der Waals surface area contributed by atoms with Crippen molar-refractivity contribution in [2.24, 2.45) is 14.7 Å². The third kappa shape index (κ3) is 6.40. The molecule has 0 bridgehead atoms. The fourth-order valence-corrected chi connectivity index (χ4v) is 11.5. The van der Waals surface area contributed by atoms with Gasteiger partial charge in [-0.1, -0.05) is 168 Å². The molecule has 0 spiro atoms. The lowest BCUT2D eigenvalue weighted by molar-refractivity contribution is 0.499. The predicted octanol–water partition coefficient (Wildman–Crippen LogP) is 13.9. The highest BCUT2D eigenvalue weighted by atomic mass is 32.2. The maximum Gasteiger partial charge on any atom is 0.364 e. The van der Waals surface area contributed by atoms with E-state index in [1.54, 1.807) is 0 Å². The van der Waals surface area contributed by atoms with Gasteiger partial charge in [0.15, 0.2) is 0 Å². The minimum absolute atomic E-state index is 0.0627. The molecule has 64 heavy (non-hydrogen) atoms. The molecule has 7 aromatic carbocycles. The summed E-state index contributed by atoms with van der Waals surface area (Å²) >= 11 is 0. The lowest BCUT2D eigenvalue weighted by atomic mass is 9.67. The lowest BCUT2D eigenvalue weighted by Gasteiger charge is -2.46. The van der Waals surface area contributed by atoms with E-state index in [0.717, 1.165) is 40.0 Å². The normalized spacial score (nSPS) is 18.7. The quantitative estimate of drug-likeness (QED) is 0.167. The monoisotopic (exact) mass is 852 g/mol. The van der Waals surface area contributed by atoms with E-state index in [4.69, 9.17) is 0 Å². The van der Waals surface area contributed by atoms with E-state index in [-0.39, 0.29) is 10.8 Å². The van der Waals surface area contributed by atoms with Gasteiger partial charge in [0.05, 0.1) is 17.1 Å². The minimum Gasteiger partial charge on any atom is -0.310 e. The smallest absolute Gasteiger partial charge is 0.310 e. The van der Waals surface area contributed by atoms with Crippen LogP contribution in [-0.4, -0.2) is 19.8 Å². The Morgan fingerprint density at radius 2 is 0.828 bits per heavy atom. The Labute approximate surface area is 376 Å². The van der Waals surface area contributed by atoms with Crippen LogP contribution < -0.4 is 9.80 Å². The van der Waals surface area contributed by atoms with E-state index in [9.17, 15) is 8.42 Å². The zero-order valence-corrected chi connectivity index (χ0v) is 37.4. The molecule has 0 saturated carbocycles. The van der Waals surface area contributed by atoms with Crippen LogP contribution in [0.2, 0.25) is 0 Å². The average molecular weight is 853 g/mol. The molecule has 3 aliphatic heterocycles. The second-order valence-corrected chi connectivity index (χ2v) is 19.6. The van der Waals surface area contributed by atoms with E-state index in [1.165, 1.54) is 45.0 Å². The molecule has 0 N–H and O–H groups in total. The number of para-hydroxylation sites is 3. The lowest BCUT2D eigenvalue weighted by Crippen LogP contribution is -2.37. The SMILES string of the molecule is CC1CC=CC2=C1C(C)(C)c1ccccc1N2c1ccc(-c2ccc(C3=NS(=O)(=O)N=C3c3ccc(-c4ccc(N5c6ccccc6C(C)(C)c6ccccc65)cc4)cc3)cc2)cc1. The van der Waals surface area contributed by atoms with E-state index in [1.807, 2.05) is 48.5 Å². The molecule has 7 heteroatoms. The molecule has 0 radical (unpaired) electrons. The van der Waals surface area contributed by atoms with Crippen LogP contribution in [0.3, 0.4) is 0 Å². The van der Waals surface area contributed by atoms with Gasteiger partial charge in [0.2, 0.25) is 0 Å². The van der Waals surface area contributed by atoms with Crippen LogP contribution in [0.1, 0.15) is 68.9 Å². The van der Waals surface area contributed by atoms with Gasteiger partial charge < -0.3 is 9.80 Å². The molecule has 4 aliphatic rings. The van der Waals surface area contributed by atoms with Crippen molar-refractivity contribution in [3.05, 3.63) is 221 Å². The minimum atomic E-state index is -4.03. The Kier molecular flexibility index (Phi) is 9.16. The van der Waals surface area contributed by atoms with Gasteiger partial charge >= 0.3 is 10.2 Å². The maximum absolute atomic E-state index is 12.9. The Morgan fingerprint density at radius 3 is 1.28 bits per heavy atom. The van der Waals surface area contributed by atoms with Gasteiger partial charge in [-0.05, 0) is 105 Å². The van der Waals surface area contributed by atoms with Crippen LogP contribution in [0.15, 0.2) is 202 Å². The van der Waals surface area contributed by atoms with Gasteiger partial charge in [-0.3, -0.25) is 0 Å². The molecule has 0 saturated heterocycles. The number of nitrogens with zero attached hydrogens (tertiary/aromatic N) is 4. The van der Waals surface area contributed by atoms with Crippen molar-refractivity contribution in [1.29, 1.82) is 0 Å². The third-order valence-corrected chi connectivity index (χ3v) is 14.6. The molecule has 3 heterocycles. The fraction of sp³-hybridized carbons (Fsp3) is 0.158. The zero-order chi connectivity index (χ0) is 44.0. The average Bonchev–Trinajstić information content (AvgIpc) is 3.65. The van der Waals surface area contributed by atoms with Crippen LogP contribution in [0, 0.1) is 5.92 Å². The van der Waals surface area contributed by atoms with Gasteiger partial charge in [0.25, 0.3) is 0 Å². The standard InChI is InChI=1S/C57H48N4O2S/c1-37-13-12-20-52-53(37)57(4,5)48-16-8-11-19-51(48)61(52)45-35-31-41(32-36-45)39-23-27-43(28-24-39)55-54(58-64(62,63)59-55)42-25-21-38(22-26-42)40-29-33-44(34-30-40)60-49-17-9-6-14-46(49)56(2,3)47-15-7-10-18-50(47)60/h6-12,14-37H,13H2,1-5H3. The number of anilines is 5. The summed E-state index contributed by atoms with van der Waals surface area (Å²) in [5.74, 6) is 0.453. The van der Waals surface area contributed by atoms with Gasteiger partial charge in [0.1, 0.15) is 11.4 Å². The van der Waals surface area contributed by atoms with Crippen molar-refractivity contribution < 1.29 is 8.42 Å². The highest BCUT2D eigenvalue weighted by Crippen LogP contribution is 2.53.